The molecule has 1 aliphatic heterocycles. The molecular weight excluding hydrogens is 327 g/mol. The Balaban J connectivity index is 1.53. The van der Waals surface area contributed by atoms with Crippen molar-refractivity contribution in [1.29, 1.82) is 0 Å². The molecule has 4 rings (SSSR count). The summed E-state index contributed by atoms with van der Waals surface area (Å²) in [7, 11) is 0. The Labute approximate surface area is 142 Å². The van der Waals surface area contributed by atoms with E-state index in [0.29, 0.717) is 23.1 Å². The first-order valence-electron chi connectivity index (χ1n) is 7.69. The molecule has 0 aliphatic carbocycles. The van der Waals surface area contributed by atoms with E-state index >= 15 is 0 Å². The highest BCUT2D eigenvalue weighted by molar-refractivity contribution is 7.99. The molecule has 1 unspecified atom stereocenters. The average molecular weight is 342 g/mol. The number of benzene rings is 1. The lowest BCUT2D eigenvalue weighted by Crippen LogP contribution is -2.18. The van der Waals surface area contributed by atoms with Crippen molar-refractivity contribution in [3.63, 3.8) is 0 Å². The summed E-state index contributed by atoms with van der Waals surface area (Å²) in [6.45, 7) is 0. The second kappa shape index (κ2) is 6.60. The number of pyridine rings is 1. The number of thioether (sulfide) groups is 1. The summed E-state index contributed by atoms with van der Waals surface area (Å²) in [4.78, 5) is 8.66. The fourth-order valence-corrected chi connectivity index (χ4v) is 3.71. The van der Waals surface area contributed by atoms with Crippen LogP contribution in [-0.2, 0) is 0 Å². The van der Waals surface area contributed by atoms with E-state index in [0.717, 1.165) is 18.0 Å². The highest BCUT2D eigenvalue weighted by atomic mass is 32.2. The molecule has 0 radical (unpaired) electrons. The third kappa shape index (κ3) is 3.12. The number of rotatable bonds is 4. The van der Waals surface area contributed by atoms with Gasteiger partial charge in [0.25, 0.3) is 5.89 Å². The maximum atomic E-state index is 13.8. The molecule has 1 atom stereocenters. The maximum Gasteiger partial charge on any atom is 0.259 e. The number of halogens is 1. The minimum atomic E-state index is -0.378. The van der Waals surface area contributed by atoms with E-state index in [4.69, 9.17) is 4.52 Å². The molecule has 1 saturated heterocycles. The van der Waals surface area contributed by atoms with Gasteiger partial charge in [-0.05, 0) is 36.4 Å². The number of hydrogen-bond acceptors (Lipinski definition) is 6. The van der Waals surface area contributed by atoms with Gasteiger partial charge < -0.3 is 9.84 Å². The van der Waals surface area contributed by atoms with Gasteiger partial charge in [-0.3, -0.25) is 0 Å². The highest BCUT2D eigenvalue weighted by Gasteiger charge is 2.16. The van der Waals surface area contributed by atoms with Gasteiger partial charge in [-0.1, -0.05) is 17.3 Å². The first-order chi connectivity index (χ1) is 11.8. The Hall–Kier alpha value is -2.41. The fourth-order valence-electron chi connectivity index (χ4n) is 2.56. The van der Waals surface area contributed by atoms with Crippen LogP contribution in [0.5, 0.6) is 0 Å². The molecular formula is C17H15FN4OS. The fraction of sp³-hybridized carbons (Fsp3) is 0.235. The lowest BCUT2D eigenvalue weighted by atomic mass is 10.2. The van der Waals surface area contributed by atoms with Gasteiger partial charge >= 0.3 is 0 Å². The van der Waals surface area contributed by atoms with Crippen LogP contribution >= 0.6 is 11.8 Å². The summed E-state index contributed by atoms with van der Waals surface area (Å²) >= 11 is 1.95. The van der Waals surface area contributed by atoms with Crippen molar-refractivity contribution >= 4 is 17.6 Å². The largest absolute Gasteiger partial charge is 0.366 e. The van der Waals surface area contributed by atoms with Crippen LogP contribution in [0.2, 0.25) is 0 Å². The van der Waals surface area contributed by atoms with Gasteiger partial charge in [-0.25, -0.2) is 9.37 Å². The van der Waals surface area contributed by atoms with Gasteiger partial charge in [-0.2, -0.15) is 16.7 Å². The quantitative estimate of drug-likeness (QED) is 0.777. The summed E-state index contributed by atoms with van der Waals surface area (Å²) in [5.74, 6) is 3.31. The van der Waals surface area contributed by atoms with Gasteiger partial charge in [0.2, 0.25) is 5.82 Å². The molecule has 3 aromatic rings. The van der Waals surface area contributed by atoms with Gasteiger partial charge in [0, 0.05) is 18.0 Å². The molecule has 0 saturated carbocycles. The molecule has 0 spiro atoms. The molecule has 0 bridgehead atoms. The van der Waals surface area contributed by atoms with Gasteiger partial charge in [0.05, 0.1) is 11.1 Å². The van der Waals surface area contributed by atoms with Crippen molar-refractivity contribution in [3.05, 3.63) is 48.4 Å². The predicted octanol–water partition coefficient (Wildman–Crippen LogP) is 3.86. The van der Waals surface area contributed by atoms with Crippen LogP contribution in [0.25, 0.3) is 22.8 Å². The van der Waals surface area contributed by atoms with Crippen LogP contribution < -0.4 is 5.32 Å². The van der Waals surface area contributed by atoms with E-state index in [1.165, 1.54) is 11.8 Å². The summed E-state index contributed by atoms with van der Waals surface area (Å²) in [6, 6.07) is 10.6. The van der Waals surface area contributed by atoms with Crippen LogP contribution in [-0.4, -0.2) is 32.7 Å². The van der Waals surface area contributed by atoms with E-state index in [9.17, 15) is 4.39 Å². The van der Waals surface area contributed by atoms with Crippen LogP contribution in [0.3, 0.4) is 0 Å². The molecule has 3 heterocycles. The summed E-state index contributed by atoms with van der Waals surface area (Å²) < 4.78 is 19.0. The molecule has 1 aromatic carbocycles. The van der Waals surface area contributed by atoms with Crippen molar-refractivity contribution in [2.24, 2.45) is 0 Å². The van der Waals surface area contributed by atoms with Crippen molar-refractivity contribution in [1.82, 2.24) is 15.1 Å². The minimum Gasteiger partial charge on any atom is -0.366 e. The molecule has 1 fully saturated rings. The lowest BCUT2D eigenvalue weighted by molar-refractivity contribution is 0.431. The summed E-state index contributed by atoms with van der Waals surface area (Å²) in [5, 5.41) is 7.27. The molecule has 2 aromatic heterocycles. The third-order valence-electron chi connectivity index (χ3n) is 3.83. The lowest BCUT2D eigenvalue weighted by Gasteiger charge is -2.11. The van der Waals surface area contributed by atoms with E-state index in [-0.39, 0.29) is 11.6 Å². The normalized spacial score (nSPS) is 17.1. The average Bonchev–Trinajstić information content (AvgIpc) is 3.28. The van der Waals surface area contributed by atoms with E-state index in [1.54, 1.807) is 24.4 Å². The number of hydrogen-bond donors (Lipinski definition) is 1. The summed E-state index contributed by atoms with van der Waals surface area (Å²) in [5.41, 5.74) is 1.02. The zero-order valence-electron chi connectivity index (χ0n) is 12.8. The minimum absolute atomic E-state index is 0.230. The number of anilines is 1. The monoisotopic (exact) mass is 342 g/mol. The molecule has 122 valence electrons. The first-order valence-corrected chi connectivity index (χ1v) is 8.84. The molecule has 1 aliphatic rings. The highest BCUT2D eigenvalue weighted by Crippen LogP contribution is 2.25. The van der Waals surface area contributed by atoms with Crippen LogP contribution in [0.15, 0.2) is 47.1 Å². The number of nitrogens with zero attached hydrogens (tertiary/aromatic N) is 3. The zero-order chi connectivity index (χ0) is 16.4. The molecule has 5 nitrogen and oxygen atoms in total. The Morgan fingerprint density at radius 3 is 2.88 bits per heavy atom. The molecule has 7 heteroatoms. The SMILES string of the molecule is Fc1ccccc1-c1noc(-c2ccc(NC3CCSC3)nc2)n1. The van der Waals surface area contributed by atoms with Crippen molar-refractivity contribution in [2.75, 3.05) is 16.8 Å². The number of aromatic nitrogens is 3. The molecule has 1 N–H and O–H groups in total. The number of nitrogens with one attached hydrogen (secondary N) is 1. The van der Waals surface area contributed by atoms with Crippen LogP contribution in [0.4, 0.5) is 10.2 Å². The van der Waals surface area contributed by atoms with Crippen LogP contribution in [0, 0.1) is 5.82 Å². The van der Waals surface area contributed by atoms with Crippen molar-refractivity contribution < 1.29 is 8.91 Å². The van der Waals surface area contributed by atoms with E-state index in [1.807, 2.05) is 23.9 Å². The van der Waals surface area contributed by atoms with E-state index < -0.39 is 0 Å². The Morgan fingerprint density at radius 2 is 2.12 bits per heavy atom. The standard InChI is InChI=1S/C17H15FN4OS/c18-14-4-2-1-3-13(14)16-21-17(23-22-16)11-5-6-15(19-9-11)20-12-7-8-24-10-12/h1-6,9,12H,7-8,10H2,(H,19,20). The second-order valence-corrected chi connectivity index (χ2v) is 6.69. The van der Waals surface area contributed by atoms with Crippen molar-refractivity contribution in [3.8, 4) is 22.8 Å². The van der Waals surface area contributed by atoms with E-state index in [2.05, 4.69) is 20.4 Å². The van der Waals surface area contributed by atoms with Crippen molar-refractivity contribution in [2.45, 2.75) is 12.5 Å². The zero-order valence-corrected chi connectivity index (χ0v) is 13.6. The van der Waals surface area contributed by atoms with Gasteiger partial charge in [-0.15, -0.1) is 0 Å². The topological polar surface area (TPSA) is 63.8 Å². The third-order valence-corrected chi connectivity index (χ3v) is 5.00. The molecule has 0 amide bonds. The Morgan fingerprint density at radius 1 is 1.21 bits per heavy atom. The second-order valence-electron chi connectivity index (χ2n) is 5.54. The summed E-state index contributed by atoms with van der Waals surface area (Å²) in [6.07, 6.45) is 2.84. The van der Waals surface area contributed by atoms with Gasteiger partial charge in [0.1, 0.15) is 11.6 Å². The Bertz CT molecular complexity index is 831. The Kier molecular flexibility index (Phi) is 4.17. The smallest absolute Gasteiger partial charge is 0.259 e. The predicted molar refractivity (Wildman–Crippen MR) is 92.3 cm³/mol. The molecule has 24 heavy (non-hydrogen) atoms. The first kappa shape index (κ1) is 15.1. The van der Waals surface area contributed by atoms with Gasteiger partial charge in [0.15, 0.2) is 0 Å². The van der Waals surface area contributed by atoms with Crippen LogP contribution in [0.1, 0.15) is 6.42 Å². The maximum absolute atomic E-state index is 13.8.